The zero-order chi connectivity index (χ0) is 14.1. The number of hydrogen-bond acceptors (Lipinski definition) is 5. The van der Waals surface area contributed by atoms with Crippen LogP contribution in [0.25, 0.3) is 11.4 Å². The van der Waals surface area contributed by atoms with E-state index in [0.29, 0.717) is 29.2 Å². The Morgan fingerprint density at radius 3 is 2.90 bits per heavy atom. The van der Waals surface area contributed by atoms with E-state index < -0.39 is 0 Å². The fraction of sp³-hybridized carbons (Fsp3) is 0.429. The Balaban J connectivity index is 1.73. The van der Waals surface area contributed by atoms with Crippen molar-refractivity contribution in [3.05, 3.63) is 35.2 Å². The maximum atomic E-state index is 6.13. The lowest BCUT2D eigenvalue weighted by atomic mass is 10.1. The predicted molar refractivity (Wildman–Crippen MR) is 77.2 cm³/mol. The lowest BCUT2D eigenvalue weighted by molar-refractivity contribution is 0.261. The van der Waals surface area contributed by atoms with Crippen LogP contribution in [-0.2, 0) is 6.54 Å². The summed E-state index contributed by atoms with van der Waals surface area (Å²) in [6.45, 7) is 4.62. The molecule has 1 aliphatic rings. The third kappa shape index (κ3) is 2.70. The minimum Gasteiger partial charge on any atom is -0.338 e. The molecular weight excluding hydrogens is 276 g/mol. The van der Waals surface area contributed by atoms with E-state index >= 15 is 0 Å². The van der Waals surface area contributed by atoms with Gasteiger partial charge in [-0.15, -0.1) is 0 Å². The highest BCUT2D eigenvalue weighted by Crippen LogP contribution is 2.25. The molecule has 0 bridgehead atoms. The molecule has 0 radical (unpaired) electrons. The van der Waals surface area contributed by atoms with Gasteiger partial charge in [0.2, 0.25) is 11.7 Å². The van der Waals surface area contributed by atoms with Crippen LogP contribution in [-0.4, -0.2) is 34.2 Å². The maximum absolute atomic E-state index is 6.13. The highest BCUT2D eigenvalue weighted by Gasteiger charge is 2.27. The molecule has 2 N–H and O–H groups in total. The second kappa shape index (κ2) is 5.52. The van der Waals surface area contributed by atoms with Crippen LogP contribution < -0.4 is 5.73 Å². The van der Waals surface area contributed by atoms with Crippen molar-refractivity contribution in [3.8, 4) is 11.4 Å². The van der Waals surface area contributed by atoms with Crippen molar-refractivity contribution in [2.45, 2.75) is 19.5 Å². The highest BCUT2D eigenvalue weighted by molar-refractivity contribution is 6.33. The topological polar surface area (TPSA) is 68.2 Å². The molecule has 20 heavy (non-hydrogen) atoms. The molecule has 1 fully saturated rings. The first kappa shape index (κ1) is 13.5. The molecule has 2 atom stereocenters. The Morgan fingerprint density at radius 2 is 2.20 bits per heavy atom. The summed E-state index contributed by atoms with van der Waals surface area (Å²) in [5.41, 5.74) is 6.80. The molecular formula is C14H17ClN4O. The first-order valence-electron chi connectivity index (χ1n) is 6.69. The number of nitrogens with two attached hydrogens (primary N) is 1. The van der Waals surface area contributed by atoms with Gasteiger partial charge in [-0.3, -0.25) is 4.90 Å². The number of likely N-dealkylation sites (tertiary alicyclic amines) is 1. The molecule has 0 amide bonds. The first-order chi connectivity index (χ1) is 9.63. The first-order valence-corrected chi connectivity index (χ1v) is 7.06. The second-order valence-corrected chi connectivity index (χ2v) is 5.73. The fourth-order valence-electron chi connectivity index (χ4n) is 2.49. The molecule has 5 nitrogen and oxygen atoms in total. The summed E-state index contributed by atoms with van der Waals surface area (Å²) < 4.78 is 5.30. The Hall–Kier alpha value is -1.43. The Bertz CT molecular complexity index is 590. The molecule has 0 spiro atoms. The van der Waals surface area contributed by atoms with Gasteiger partial charge in [0.15, 0.2) is 0 Å². The van der Waals surface area contributed by atoms with E-state index in [4.69, 9.17) is 21.9 Å². The largest absolute Gasteiger partial charge is 0.338 e. The minimum atomic E-state index is 0.223. The zero-order valence-electron chi connectivity index (χ0n) is 11.3. The van der Waals surface area contributed by atoms with Gasteiger partial charge in [0.05, 0.1) is 11.6 Å². The zero-order valence-corrected chi connectivity index (χ0v) is 12.0. The Kier molecular flexibility index (Phi) is 3.74. The van der Waals surface area contributed by atoms with Gasteiger partial charge < -0.3 is 10.3 Å². The summed E-state index contributed by atoms with van der Waals surface area (Å²) in [6.07, 6.45) is 0. The maximum Gasteiger partial charge on any atom is 0.241 e. The number of rotatable bonds is 3. The van der Waals surface area contributed by atoms with E-state index in [1.165, 1.54) is 0 Å². The van der Waals surface area contributed by atoms with Gasteiger partial charge in [0.25, 0.3) is 0 Å². The molecule has 2 unspecified atom stereocenters. The van der Waals surface area contributed by atoms with Gasteiger partial charge in [-0.05, 0) is 18.1 Å². The summed E-state index contributed by atoms with van der Waals surface area (Å²) in [4.78, 5) is 6.65. The summed E-state index contributed by atoms with van der Waals surface area (Å²) in [5.74, 6) is 1.63. The van der Waals surface area contributed by atoms with Crippen LogP contribution in [0.1, 0.15) is 12.8 Å². The molecule has 1 aromatic heterocycles. The van der Waals surface area contributed by atoms with Crippen LogP contribution in [0, 0.1) is 5.92 Å². The van der Waals surface area contributed by atoms with Crippen LogP contribution >= 0.6 is 11.6 Å². The fourth-order valence-corrected chi connectivity index (χ4v) is 2.71. The van der Waals surface area contributed by atoms with Crippen molar-refractivity contribution in [2.75, 3.05) is 13.1 Å². The standard InChI is InChI=1S/C14H17ClN4O/c1-9-6-19(7-12(9)16)8-13-17-14(18-20-13)10-4-2-3-5-11(10)15/h2-5,9,12H,6-8,16H2,1H3. The number of hydrogen-bond donors (Lipinski definition) is 1. The summed E-state index contributed by atoms with van der Waals surface area (Å²) >= 11 is 6.13. The molecule has 0 saturated carbocycles. The number of nitrogens with zero attached hydrogens (tertiary/aromatic N) is 3. The van der Waals surface area contributed by atoms with Gasteiger partial charge in [0, 0.05) is 24.7 Å². The van der Waals surface area contributed by atoms with Crippen LogP contribution in [0.2, 0.25) is 5.02 Å². The van der Waals surface area contributed by atoms with Gasteiger partial charge in [-0.25, -0.2) is 0 Å². The van der Waals surface area contributed by atoms with Crippen LogP contribution in [0.5, 0.6) is 0 Å². The van der Waals surface area contributed by atoms with Gasteiger partial charge in [0.1, 0.15) is 0 Å². The van der Waals surface area contributed by atoms with E-state index in [-0.39, 0.29) is 6.04 Å². The van der Waals surface area contributed by atoms with E-state index in [9.17, 15) is 0 Å². The molecule has 2 heterocycles. The molecule has 106 valence electrons. The van der Waals surface area contributed by atoms with Crippen molar-refractivity contribution in [3.63, 3.8) is 0 Å². The Labute approximate surface area is 122 Å². The minimum absolute atomic E-state index is 0.223. The number of benzene rings is 1. The van der Waals surface area contributed by atoms with E-state index in [0.717, 1.165) is 18.7 Å². The quantitative estimate of drug-likeness (QED) is 0.939. The lowest BCUT2D eigenvalue weighted by Crippen LogP contribution is -2.28. The monoisotopic (exact) mass is 292 g/mol. The normalized spacial score (nSPS) is 23.4. The van der Waals surface area contributed by atoms with Gasteiger partial charge in [-0.2, -0.15) is 4.98 Å². The van der Waals surface area contributed by atoms with Crippen LogP contribution in [0.4, 0.5) is 0 Å². The van der Waals surface area contributed by atoms with E-state index in [1.54, 1.807) is 0 Å². The molecule has 3 rings (SSSR count). The molecule has 1 aliphatic heterocycles. The summed E-state index contributed by atoms with van der Waals surface area (Å²) in [5, 5.41) is 4.62. The Morgan fingerprint density at radius 1 is 1.40 bits per heavy atom. The number of aromatic nitrogens is 2. The summed E-state index contributed by atoms with van der Waals surface area (Å²) in [7, 11) is 0. The molecule has 2 aromatic rings. The van der Waals surface area contributed by atoms with E-state index in [2.05, 4.69) is 22.0 Å². The van der Waals surface area contributed by atoms with Crippen LogP contribution in [0.3, 0.4) is 0 Å². The lowest BCUT2D eigenvalue weighted by Gasteiger charge is -2.11. The third-order valence-corrected chi connectivity index (χ3v) is 4.02. The van der Waals surface area contributed by atoms with Crippen molar-refractivity contribution < 1.29 is 4.52 Å². The number of halogens is 1. The average Bonchev–Trinajstić information content (AvgIpc) is 2.98. The van der Waals surface area contributed by atoms with Gasteiger partial charge in [-0.1, -0.05) is 35.8 Å². The van der Waals surface area contributed by atoms with E-state index in [1.807, 2.05) is 24.3 Å². The van der Waals surface area contributed by atoms with Gasteiger partial charge >= 0.3 is 0 Å². The second-order valence-electron chi connectivity index (χ2n) is 5.33. The van der Waals surface area contributed by atoms with Crippen molar-refractivity contribution >= 4 is 11.6 Å². The molecule has 1 aromatic carbocycles. The molecule has 6 heteroatoms. The van der Waals surface area contributed by atoms with Crippen molar-refractivity contribution in [1.82, 2.24) is 15.0 Å². The highest BCUT2D eigenvalue weighted by atomic mass is 35.5. The predicted octanol–water partition coefficient (Wildman–Crippen LogP) is 2.17. The molecule has 0 aliphatic carbocycles. The van der Waals surface area contributed by atoms with Crippen LogP contribution in [0.15, 0.2) is 28.8 Å². The third-order valence-electron chi connectivity index (χ3n) is 3.69. The average molecular weight is 293 g/mol. The molecule has 1 saturated heterocycles. The summed E-state index contributed by atoms with van der Waals surface area (Å²) in [6, 6.07) is 7.69. The smallest absolute Gasteiger partial charge is 0.241 e. The SMILES string of the molecule is CC1CN(Cc2nc(-c3ccccc3Cl)no2)CC1N. The van der Waals surface area contributed by atoms with Crippen molar-refractivity contribution in [1.29, 1.82) is 0 Å². The van der Waals surface area contributed by atoms with Crippen molar-refractivity contribution in [2.24, 2.45) is 11.7 Å².